The van der Waals surface area contributed by atoms with Crippen molar-refractivity contribution in [1.82, 2.24) is 34.8 Å². The molecule has 1 aliphatic heterocycles. The summed E-state index contributed by atoms with van der Waals surface area (Å²) < 4.78 is 6.89. The van der Waals surface area contributed by atoms with E-state index in [0.29, 0.717) is 46.8 Å². The number of nitrogens with zero attached hydrogens (tertiary/aromatic N) is 7. The number of hydrogen-bond donors (Lipinski definition) is 3. The maximum absolute atomic E-state index is 12.3. The van der Waals surface area contributed by atoms with E-state index in [1.807, 2.05) is 0 Å². The summed E-state index contributed by atoms with van der Waals surface area (Å²) in [5, 5.41) is 31.4. The maximum atomic E-state index is 12.3. The van der Waals surface area contributed by atoms with Gasteiger partial charge in [-0.3, -0.25) is 9.48 Å². The third-order valence-electron chi connectivity index (χ3n) is 5.74. The van der Waals surface area contributed by atoms with Gasteiger partial charge < -0.3 is 25.0 Å². The number of amides is 1. The number of aliphatic hydroxyl groups is 2. The molecule has 0 radical (unpaired) electrons. The lowest BCUT2D eigenvalue weighted by molar-refractivity contribution is -0.144. The minimum absolute atomic E-state index is 0.0928. The lowest BCUT2D eigenvalue weighted by Crippen LogP contribution is -2.35. The second kappa shape index (κ2) is 8.32. The van der Waals surface area contributed by atoms with E-state index in [-0.39, 0.29) is 18.8 Å². The lowest BCUT2D eigenvalue weighted by atomic mass is 9.98. The lowest BCUT2D eigenvalue weighted by Gasteiger charge is -2.16. The van der Waals surface area contributed by atoms with Crippen LogP contribution < -0.4 is 5.32 Å². The summed E-state index contributed by atoms with van der Waals surface area (Å²) in [7, 11) is 3.37. The number of nitrogens with one attached hydrogen (secondary N) is 1. The first-order chi connectivity index (χ1) is 16.4. The van der Waals surface area contributed by atoms with E-state index in [4.69, 9.17) is 4.52 Å². The van der Waals surface area contributed by atoms with Crippen molar-refractivity contribution < 1.29 is 19.5 Å². The summed E-state index contributed by atoms with van der Waals surface area (Å²) >= 11 is 0. The van der Waals surface area contributed by atoms with Gasteiger partial charge in [-0.2, -0.15) is 5.10 Å². The number of likely N-dealkylation sites (tertiary alicyclic amines) is 1. The molecule has 1 fully saturated rings. The van der Waals surface area contributed by atoms with Crippen LogP contribution in [0.4, 0.5) is 11.8 Å². The molecule has 0 bridgehead atoms. The number of carbonyl (C=O) groups is 1. The predicted octanol–water partition coefficient (Wildman–Crippen LogP) is 1.21. The zero-order valence-electron chi connectivity index (χ0n) is 18.5. The molecule has 4 aromatic rings. The molecule has 5 rings (SSSR count). The van der Waals surface area contributed by atoms with E-state index in [1.54, 1.807) is 55.3 Å². The van der Waals surface area contributed by atoms with E-state index in [1.165, 1.54) is 11.0 Å². The first kappa shape index (κ1) is 21.7. The zero-order chi connectivity index (χ0) is 23.9. The number of aryl methyl sites for hydroxylation is 1. The van der Waals surface area contributed by atoms with Gasteiger partial charge in [0.1, 0.15) is 5.69 Å². The van der Waals surface area contributed by atoms with Crippen LogP contribution in [0, 0.1) is 0 Å². The molecule has 0 unspecified atom stereocenters. The molecule has 1 atom stereocenters. The molecule has 0 saturated carbocycles. The fourth-order valence-corrected chi connectivity index (χ4v) is 3.78. The molecule has 4 aromatic heterocycles. The number of anilines is 2. The van der Waals surface area contributed by atoms with Crippen molar-refractivity contribution in [2.45, 2.75) is 18.6 Å². The van der Waals surface area contributed by atoms with Crippen LogP contribution in [-0.4, -0.2) is 64.5 Å². The maximum Gasteiger partial charge on any atom is 0.262 e. The highest BCUT2D eigenvalue weighted by atomic mass is 16.5. The van der Waals surface area contributed by atoms with Crippen LogP contribution in [0.1, 0.15) is 17.9 Å². The van der Waals surface area contributed by atoms with Crippen molar-refractivity contribution in [3.8, 4) is 22.8 Å². The Balaban J connectivity index is 1.40. The largest absolute Gasteiger partial charge is 0.390 e. The van der Waals surface area contributed by atoms with Crippen molar-refractivity contribution in [3.05, 3.63) is 54.0 Å². The topological polar surface area (TPSA) is 155 Å². The van der Waals surface area contributed by atoms with Crippen LogP contribution in [0.2, 0.25) is 0 Å². The Bertz CT molecular complexity index is 1370. The number of aromatic nitrogens is 6. The minimum Gasteiger partial charge on any atom is -0.390 e. The van der Waals surface area contributed by atoms with Crippen molar-refractivity contribution >= 4 is 17.7 Å². The first-order valence-electron chi connectivity index (χ1n) is 10.5. The molecule has 5 heterocycles. The highest BCUT2D eigenvalue weighted by Gasteiger charge is 2.48. The van der Waals surface area contributed by atoms with Crippen LogP contribution in [0.15, 0.2) is 47.1 Å². The molecule has 12 heteroatoms. The Kier molecular flexibility index (Phi) is 5.30. The standard InChI is InChI=1S/C22H22N8O4/c1-29-9-7-22(33,20(29)32)18-11-17(28-34-18)15-5-3-4-14(24-15)16-6-8-23-21(25-16)26-19-10-13(12-31)30(2)27-19/h3-6,8,10-11,31,33H,7,9,12H2,1-2H3,(H,23,25,26,27)/t22-/m1/s1. The Morgan fingerprint density at radius 3 is 2.59 bits per heavy atom. The van der Waals surface area contributed by atoms with Gasteiger partial charge in [0.05, 0.1) is 29.4 Å². The monoisotopic (exact) mass is 462 g/mol. The van der Waals surface area contributed by atoms with Gasteiger partial charge in [0.2, 0.25) is 11.5 Å². The van der Waals surface area contributed by atoms with Gasteiger partial charge in [-0.05, 0) is 18.2 Å². The first-order valence-corrected chi connectivity index (χ1v) is 10.5. The highest BCUT2D eigenvalue weighted by Crippen LogP contribution is 2.34. The Morgan fingerprint density at radius 2 is 1.88 bits per heavy atom. The molecule has 174 valence electrons. The van der Waals surface area contributed by atoms with Gasteiger partial charge >= 0.3 is 0 Å². The summed E-state index contributed by atoms with van der Waals surface area (Å²) in [6, 6.07) is 10.3. The number of hydrogen-bond acceptors (Lipinski definition) is 10. The molecule has 12 nitrogen and oxygen atoms in total. The van der Waals surface area contributed by atoms with Gasteiger partial charge in [-0.15, -0.1) is 0 Å². The zero-order valence-corrected chi connectivity index (χ0v) is 18.5. The average Bonchev–Trinajstić information content (AvgIpc) is 3.55. The van der Waals surface area contributed by atoms with Crippen LogP contribution in [0.3, 0.4) is 0 Å². The second-order valence-corrected chi connectivity index (χ2v) is 8.01. The number of likely N-dealkylation sites (N-methyl/N-ethyl adjacent to an activating group) is 1. The van der Waals surface area contributed by atoms with Gasteiger partial charge in [0.25, 0.3) is 5.91 Å². The fraction of sp³-hybridized carbons (Fsp3) is 0.273. The van der Waals surface area contributed by atoms with E-state index < -0.39 is 11.5 Å². The number of rotatable bonds is 6. The number of carbonyl (C=O) groups excluding carboxylic acids is 1. The van der Waals surface area contributed by atoms with Crippen LogP contribution in [0.5, 0.6) is 0 Å². The fourth-order valence-electron chi connectivity index (χ4n) is 3.78. The van der Waals surface area contributed by atoms with Crippen LogP contribution in [0.25, 0.3) is 22.8 Å². The van der Waals surface area contributed by atoms with E-state index in [9.17, 15) is 15.0 Å². The molecule has 0 spiro atoms. The van der Waals surface area contributed by atoms with Crippen molar-refractivity contribution in [3.63, 3.8) is 0 Å². The molecule has 0 aliphatic carbocycles. The van der Waals surface area contributed by atoms with Crippen molar-refractivity contribution in [2.75, 3.05) is 18.9 Å². The summed E-state index contributed by atoms with van der Waals surface area (Å²) in [6.07, 6.45) is 1.83. The molecule has 0 aromatic carbocycles. The smallest absolute Gasteiger partial charge is 0.262 e. The van der Waals surface area contributed by atoms with Gasteiger partial charge in [-0.25, -0.2) is 15.0 Å². The molecule has 34 heavy (non-hydrogen) atoms. The molecular formula is C22H22N8O4. The number of aliphatic hydroxyl groups excluding tert-OH is 1. The van der Waals surface area contributed by atoms with Crippen molar-refractivity contribution in [1.29, 1.82) is 0 Å². The Hall–Kier alpha value is -4.16. The Labute approximate surface area is 193 Å². The third-order valence-corrected chi connectivity index (χ3v) is 5.74. The molecule has 1 aliphatic rings. The van der Waals surface area contributed by atoms with E-state index >= 15 is 0 Å². The highest BCUT2D eigenvalue weighted by molar-refractivity contribution is 5.87. The molecule has 1 saturated heterocycles. The van der Waals surface area contributed by atoms with E-state index in [2.05, 4.69) is 30.5 Å². The minimum atomic E-state index is -1.72. The SMILES string of the molecule is CN1CC[C@@](O)(c2cc(-c3cccc(-c4ccnc(Nc5cc(CO)n(C)n5)n4)n3)no2)C1=O. The van der Waals surface area contributed by atoms with Gasteiger partial charge in [0.15, 0.2) is 11.6 Å². The molecule has 3 N–H and O–H groups in total. The predicted molar refractivity (Wildman–Crippen MR) is 119 cm³/mol. The van der Waals surface area contributed by atoms with Gasteiger partial charge in [-0.1, -0.05) is 11.2 Å². The molecular weight excluding hydrogens is 440 g/mol. The van der Waals surface area contributed by atoms with E-state index in [0.717, 1.165) is 0 Å². The molecule has 1 amide bonds. The number of pyridine rings is 1. The summed E-state index contributed by atoms with van der Waals surface area (Å²) in [5.41, 5.74) is 0.959. The van der Waals surface area contributed by atoms with Crippen molar-refractivity contribution in [2.24, 2.45) is 7.05 Å². The summed E-state index contributed by atoms with van der Waals surface area (Å²) in [6.45, 7) is 0.303. The second-order valence-electron chi connectivity index (χ2n) is 8.01. The van der Waals surface area contributed by atoms with Gasteiger partial charge in [0, 0.05) is 45.4 Å². The summed E-state index contributed by atoms with van der Waals surface area (Å²) in [4.78, 5) is 27.1. The van der Waals surface area contributed by atoms with Crippen LogP contribution >= 0.6 is 0 Å². The third kappa shape index (κ3) is 3.78. The quantitative estimate of drug-likeness (QED) is 0.381. The Morgan fingerprint density at radius 1 is 1.12 bits per heavy atom. The average molecular weight is 462 g/mol. The van der Waals surface area contributed by atoms with Crippen LogP contribution in [-0.2, 0) is 24.1 Å². The summed E-state index contributed by atoms with van der Waals surface area (Å²) in [5.74, 6) is 0.500. The normalized spacial score (nSPS) is 18.0.